The Morgan fingerprint density at radius 3 is 1.95 bits per heavy atom. The van der Waals surface area contributed by atoms with E-state index in [0.29, 0.717) is 12.0 Å². The molecule has 0 aliphatic heterocycles. The molecule has 0 spiro atoms. The molecule has 0 saturated carbocycles. The average Bonchev–Trinajstić information content (AvgIpc) is 2.29. The van der Waals surface area contributed by atoms with Crippen molar-refractivity contribution in [2.45, 2.75) is 6.54 Å². The van der Waals surface area contributed by atoms with Crippen molar-refractivity contribution in [2.24, 2.45) is 4.99 Å². The zero-order chi connectivity index (χ0) is 14.7. The first-order chi connectivity index (χ1) is 8.75. The maximum atomic E-state index is 13.4. The standard InChI is InChI=1S/C12H15F4N3/c1-18(2)12(19(3)4)17-6-7-8(13)5-9(14)11(16)10(7)15/h5H,6H2,1-4H3. The minimum atomic E-state index is -1.69. The molecule has 0 saturated heterocycles. The molecular weight excluding hydrogens is 262 g/mol. The number of hydrogen-bond acceptors (Lipinski definition) is 1. The first-order valence-electron chi connectivity index (χ1n) is 5.46. The Labute approximate surface area is 109 Å². The third-order valence-electron chi connectivity index (χ3n) is 2.39. The summed E-state index contributed by atoms with van der Waals surface area (Å²) in [6.45, 7) is -0.416. The van der Waals surface area contributed by atoms with Crippen LogP contribution in [0.25, 0.3) is 0 Å². The molecule has 0 amide bonds. The van der Waals surface area contributed by atoms with Gasteiger partial charge in [0, 0.05) is 39.8 Å². The van der Waals surface area contributed by atoms with E-state index in [1.54, 1.807) is 38.0 Å². The smallest absolute Gasteiger partial charge is 0.195 e. The van der Waals surface area contributed by atoms with Gasteiger partial charge in [-0.25, -0.2) is 22.6 Å². The second-order valence-electron chi connectivity index (χ2n) is 4.35. The third kappa shape index (κ3) is 3.36. The summed E-state index contributed by atoms with van der Waals surface area (Å²) in [6.07, 6.45) is 0. The molecule has 0 aliphatic rings. The second kappa shape index (κ2) is 5.90. The molecule has 7 heteroatoms. The molecule has 0 aromatic heterocycles. The lowest BCUT2D eigenvalue weighted by Crippen LogP contribution is -2.35. The van der Waals surface area contributed by atoms with Gasteiger partial charge in [-0.05, 0) is 0 Å². The Hall–Kier alpha value is -1.79. The summed E-state index contributed by atoms with van der Waals surface area (Å²) in [5, 5.41) is 0. The summed E-state index contributed by atoms with van der Waals surface area (Å²) in [5.74, 6) is -5.50. The van der Waals surface area contributed by atoms with Crippen LogP contribution in [0.1, 0.15) is 5.56 Å². The molecule has 0 atom stereocenters. The normalized spacial score (nSPS) is 10.3. The molecule has 0 fully saturated rings. The van der Waals surface area contributed by atoms with Gasteiger partial charge < -0.3 is 9.80 Å². The Balaban J connectivity index is 3.13. The van der Waals surface area contributed by atoms with E-state index in [1.807, 2.05) is 0 Å². The number of halogens is 4. The molecule has 1 aromatic rings. The van der Waals surface area contributed by atoms with Gasteiger partial charge in [0.2, 0.25) is 0 Å². The summed E-state index contributed by atoms with van der Waals surface area (Å²) in [7, 11) is 6.82. The fraction of sp³-hybridized carbons (Fsp3) is 0.417. The number of hydrogen-bond donors (Lipinski definition) is 0. The van der Waals surface area contributed by atoms with Crippen molar-refractivity contribution < 1.29 is 17.6 Å². The minimum Gasteiger partial charge on any atom is -0.349 e. The maximum Gasteiger partial charge on any atom is 0.195 e. The number of aliphatic imine (C=N–C) groups is 1. The molecule has 0 heterocycles. The van der Waals surface area contributed by atoms with Crippen molar-refractivity contribution in [3.8, 4) is 0 Å². The van der Waals surface area contributed by atoms with Crippen LogP contribution in [0, 0.1) is 23.3 Å². The molecule has 1 rings (SSSR count). The van der Waals surface area contributed by atoms with Crippen molar-refractivity contribution in [1.29, 1.82) is 0 Å². The molecule has 19 heavy (non-hydrogen) atoms. The van der Waals surface area contributed by atoms with Crippen LogP contribution in [0.2, 0.25) is 0 Å². The van der Waals surface area contributed by atoms with Crippen LogP contribution < -0.4 is 0 Å². The van der Waals surface area contributed by atoms with E-state index in [-0.39, 0.29) is 0 Å². The van der Waals surface area contributed by atoms with E-state index in [9.17, 15) is 17.6 Å². The zero-order valence-electron chi connectivity index (χ0n) is 11.1. The van der Waals surface area contributed by atoms with Gasteiger partial charge in [0.1, 0.15) is 5.82 Å². The van der Waals surface area contributed by atoms with Crippen LogP contribution in [0.3, 0.4) is 0 Å². The molecule has 0 aliphatic carbocycles. The van der Waals surface area contributed by atoms with Gasteiger partial charge in [-0.2, -0.15) is 0 Å². The lowest BCUT2D eigenvalue weighted by atomic mass is 10.2. The third-order valence-corrected chi connectivity index (χ3v) is 2.39. The number of guanidine groups is 1. The highest BCUT2D eigenvalue weighted by Crippen LogP contribution is 2.20. The molecule has 3 nitrogen and oxygen atoms in total. The van der Waals surface area contributed by atoms with E-state index in [1.165, 1.54) is 0 Å². The van der Waals surface area contributed by atoms with Crippen molar-refractivity contribution in [3.63, 3.8) is 0 Å². The van der Waals surface area contributed by atoms with Crippen LogP contribution in [0.5, 0.6) is 0 Å². The van der Waals surface area contributed by atoms with Crippen LogP contribution >= 0.6 is 0 Å². The predicted octanol–water partition coefficient (Wildman–Crippen LogP) is 2.22. The molecular formula is C12H15F4N3. The molecule has 0 radical (unpaired) electrons. The van der Waals surface area contributed by atoms with Crippen molar-refractivity contribution in [2.75, 3.05) is 28.2 Å². The summed E-state index contributed by atoms with van der Waals surface area (Å²) in [6, 6.07) is 0.314. The Morgan fingerprint density at radius 1 is 0.947 bits per heavy atom. The fourth-order valence-corrected chi connectivity index (χ4v) is 1.58. The summed E-state index contributed by atoms with van der Waals surface area (Å²) >= 11 is 0. The molecule has 0 bridgehead atoms. The average molecular weight is 277 g/mol. The highest BCUT2D eigenvalue weighted by Gasteiger charge is 2.19. The highest BCUT2D eigenvalue weighted by atomic mass is 19.2. The fourth-order valence-electron chi connectivity index (χ4n) is 1.58. The maximum absolute atomic E-state index is 13.4. The number of rotatable bonds is 2. The van der Waals surface area contributed by atoms with Gasteiger partial charge in [0.05, 0.1) is 6.54 Å². The molecule has 1 aromatic carbocycles. The molecule has 0 unspecified atom stereocenters. The van der Waals surface area contributed by atoms with E-state index < -0.39 is 35.4 Å². The van der Waals surface area contributed by atoms with Gasteiger partial charge in [0.15, 0.2) is 23.4 Å². The Kier molecular flexibility index (Phi) is 4.74. The minimum absolute atomic E-state index is 0.314. The van der Waals surface area contributed by atoms with E-state index in [4.69, 9.17) is 0 Å². The SMILES string of the molecule is CN(C)C(=NCc1c(F)cc(F)c(F)c1F)N(C)C. The lowest BCUT2D eigenvalue weighted by molar-refractivity contribution is 0.423. The molecule has 106 valence electrons. The van der Waals surface area contributed by atoms with E-state index >= 15 is 0 Å². The monoisotopic (exact) mass is 277 g/mol. The van der Waals surface area contributed by atoms with Crippen molar-refractivity contribution >= 4 is 5.96 Å². The Bertz CT molecular complexity index is 488. The van der Waals surface area contributed by atoms with Gasteiger partial charge >= 0.3 is 0 Å². The number of nitrogens with zero attached hydrogens (tertiary/aromatic N) is 3. The Morgan fingerprint density at radius 2 is 1.47 bits per heavy atom. The van der Waals surface area contributed by atoms with Gasteiger partial charge in [-0.3, -0.25) is 0 Å². The largest absolute Gasteiger partial charge is 0.349 e. The van der Waals surface area contributed by atoms with Gasteiger partial charge in [-0.1, -0.05) is 0 Å². The summed E-state index contributed by atoms with van der Waals surface area (Å²) in [5.41, 5.74) is -0.597. The topological polar surface area (TPSA) is 18.8 Å². The summed E-state index contributed by atoms with van der Waals surface area (Å²) in [4.78, 5) is 7.25. The molecule has 0 N–H and O–H groups in total. The van der Waals surface area contributed by atoms with Gasteiger partial charge in [-0.15, -0.1) is 0 Å². The van der Waals surface area contributed by atoms with Crippen LogP contribution in [-0.4, -0.2) is 44.0 Å². The quantitative estimate of drug-likeness (QED) is 0.271. The second-order valence-corrected chi connectivity index (χ2v) is 4.35. The van der Waals surface area contributed by atoms with Crippen LogP contribution in [0.15, 0.2) is 11.1 Å². The van der Waals surface area contributed by atoms with E-state index in [0.717, 1.165) is 0 Å². The predicted molar refractivity (Wildman–Crippen MR) is 64.8 cm³/mol. The van der Waals surface area contributed by atoms with Crippen molar-refractivity contribution in [3.05, 3.63) is 34.9 Å². The van der Waals surface area contributed by atoms with E-state index in [2.05, 4.69) is 4.99 Å². The van der Waals surface area contributed by atoms with Crippen LogP contribution in [0.4, 0.5) is 17.6 Å². The van der Waals surface area contributed by atoms with Crippen molar-refractivity contribution in [1.82, 2.24) is 9.80 Å². The first-order valence-corrected chi connectivity index (χ1v) is 5.46. The highest BCUT2D eigenvalue weighted by molar-refractivity contribution is 5.79. The van der Waals surface area contributed by atoms with Crippen LogP contribution in [-0.2, 0) is 6.54 Å². The first kappa shape index (κ1) is 15.3. The lowest BCUT2D eigenvalue weighted by Gasteiger charge is -2.22. The number of benzene rings is 1. The zero-order valence-corrected chi connectivity index (χ0v) is 11.1. The van der Waals surface area contributed by atoms with Gasteiger partial charge in [0.25, 0.3) is 0 Å². The summed E-state index contributed by atoms with van der Waals surface area (Å²) < 4.78 is 52.6.